The normalized spacial score (nSPS) is 34.3. The number of fused-ring (bicyclic) bond motifs is 2. The van der Waals surface area contributed by atoms with Crippen LogP contribution in [0.3, 0.4) is 0 Å². The molecule has 0 radical (unpaired) electrons. The molecule has 2 aliphatic carbocycles. The fraction of sp³-hybridized carbons (Fsp3) is 0.789. The Bertz CT molecular complexity index is 616. The summed E-state index contributed by atoms with van der Waals surface area (Å²) in [6, 6.07) is 0.284. The molecule has 0 aromatic carbocycles. The molecule has 2 bridgehead atoms. The van der Waals surface area contributed by atoms with E-state index in [2.05, 4.69) is 15.1 Å². The van der Waals surface area contributed by atoms with Crippen molar-refractivity contribution in [2.75, 3.05) is 19.8 Å². The lowest BCUT2D eigenvalue weighted by atomic mass is 9.65. The zero-order chi connectivity index (χ0) is 17.6. The minimum atomic E-state index is -0.0181. The van der Waals surface area contributed by atoms with Crippen molar-refractivity contribution in [1.29, 1.82) is 0 Å². The summed E-state index contributed by atoms with van der Waals surface area (Å²) in [5.41, 5.74) is 9.54. The number of nitrogens with two attached hydrogens (primary N) is 1. The highest BCUT2D eigenvalue weighted by Gasteiger charge is 2.43. The van der Waals surface area contributed by atoms with E-state index in [4.69, 9.17) is 10.5 Å². The molecule has 1 saturated heterocycles. The van der Waals surface area contributed by atoms with Crippen molar-refractivity contribution >= 4 is 18.3 Å². The van der Waals surface area contributed by atoms with E-state index in [0.29, 0.717) is 43.5 Å². The van der Waals surface area contributed by atoms with E-state index >= 15 is 0 Å². The molecule has 4 rings (SSSR count). The molecular formula is C19H31ClN4O2. The van der Waals surface area contributed by atoms with Gasteiger partial charge in [0.05, 0.1) is 24.9 Å². The standard InChI is InChI=1S/C19H30N4O2.ClH/c1-11-17(12(2)22-21-11)16-10-25-7-6-23(16)19(24)15-8-13-4-3-5-14(9-15)18(13)20;/h13-16,18H,3-10,20H2,1-2H3,(H,21,22);1H. The topological polar surface area (TPSA) is 84.2 Å². The number of H-pyrrole nitrogens is 1. The van der Waals surface area contributed by atoms with E-state index in [1.165, 1.54) is 19.3 Å². The Morgan fingerprint density at radius 1 is 1.27 bits per heavy atom. The summed E-state index contributed by atoms with van der Waals surface area (Å²) in [5, 5.41) is 7.37. The number of carbonyl (C=O) groups is 1. The number of nitrogens with zero attached hydrogens (tertiary/aromatic N) is 2. The molecule has 3 aliphatic rings. The van der Waals surface area contributed by atoms with Gasteiger partial charge in [0, 0.05) is 29.8 Å². The van der Waals surface area contributed by atoms with Crippen LogP contribution in [-0.4, -0.2) is 46.8 Å². The largest absolute Gasteiger partial charge is 0.377 e. The van der Waals surface area contributed by atoms with E-state index in [1.54, 1.807) is 0 Å². The molecule has 26 heavy (non-hydrogen) atoms. The molecule has 3 atom stereocenters. The van der Waals surface area contributed by atoms with Gasteiger partial charge in [0.1, 0.15) is 0 Å². The second-order valence-corrected chi connectivity index (χ2v) is 8.17. The van der Waals surface area contributed by atoms with Crippen molar-refractivity contribution in [1.82, 2.24) is 15.1 Å². The van der Waals surface area contributed by atoms with E-state index in [0.717, 1.165) is 29.8 Å². The molecule has 2 saturated carbocycles. The van der Waals surface area contributed by atoms with Gasteiger partial charge in [-0.2, -0.15) is 5.10 Å². The Morgan fingerprint density at radius 2 is 1.96 bits per heavy atom. The number of aryl methyl sites for hydroxylation is 2. The molecule has 146 valence electrons. The van der Waals surface area contributed by atoms with Crippen molar-refractivity contribution < 1.29 is 9.53 Å². The van der Waals surface area contributed by atoms with Crippen LogP contribution in [0.5, 0.6) is 0 Å². The van der Waals surface area contributed by atoms with Gasteiger partial charge in [0.25, 0.3) is 0 Å². The first-order valence-corrected chi connectivity index (χ1v) is 9.71. The number of morpholine rings is 1. The van der Waals surface area contributed by atoms with Crippen LogP contribution in [0.2, 0.25) is 0 Å². The monoisotopic (exact) mass is 382 g/mol. The first-order valence-electron chi connectivity index (χ1n) is 9.71. The van der Waals surface area contributed by atoms with Crippen LogP contribution in [0.15, 0.2) is 0 Å². The maximum Gasteiger partial charge on any atom is 0.226 e. The smallest absolute Gasteiger partial charge is 0.226 e. The molecule has 7 heteroatoms. The van der Waals surface area contributed by atoms with Crippen LogP contribution in [0, 0.1) is 31.6 Å². The summed E-state index contributed by atoms with van der Waals surface area (Å²) >= 11 is 0. The Labute approximate surface area is 161 Å². The third kappa shape index (κ3) is 3.39. The summed E-state index contributed by atoms with van der Waals surface area (Å²) in [5.74, 6) is 1.48. The maximum atomic E-state index is 13.4. The van der Waals surface area contributed by atoms with Crippen LogP contribution in [0.4, 0.5) is 0 Å². The lowest BCUT2D eigenvalue weighted by Crippen LogP contribution is -2.52. The number of rotatable bonds is 2. The minimum Gasteiger partial charge on any atom is -0.377 e. The number of amides is 1. The number of ether oxygens (including phenoxy) is 1. The van der Waals surface area contributed by atoms with Gasteiger partial charge in [-0.3, -0.25) is 9.89 Å². The van der Waals surface area contributed by atoms with Crippen molar-refractivity contribution in [2.24, 2.45) is 23.5 Å². The van der Waals surface area contributed by atoms with Crippen molar-refractivity contribution in [3.8, 4) is 0 Å². The van der Waals surface area contributed by atoms with Crippen LogP contribution in [0.1, 0.15) is 55.1 Å². The van der Waals surface area contributed by atoms with E-state index in [9.17, 15) is 4.79 Å². The molecule has 0 spiro atoms. The molecule has 1 aliphatic heterocycles. The summed E-state index contributed by atoms with van der Waals surface area (Å²) in [7, 11) is 0. The highest BCUT2D eigenvalue weighted by molar-refractivity contribution is 5.85. The highest BCUT2D eigenvalue weighted by atomic mass is 35.5. The molecule has 3 fully saturated rings. The van der Waals surface area contributed by atoms with Crippen LogP contribution in [0.25, 0.3) is 0 Å². The van der Waals surface area contributed by atoms with Gasteiger partial charge in [-0.05, 0) is 51.4 Å². The van der Waals surface area contributed by atoms with Crippen molar-refractivity contribution in [3.63, 3.8) is 0 Å². The van der Waals surface area contributed by atoms with Gasteiger partial charge in [-0.15, -0.1) is 12.4 Å². The predicted molar refractivity (Wildman–Crippen MR) is 102 cm³/mol. The lowest BCUT2D eigenvalue weighted by molar-refractivity contribution is -0.147. The SMILES string of the molecule is Cc1n[nH]c(C)c1C1COCCN1C(=O)C1CC2CCCC(C1)C2N.Cl. The highest BCUT2D eigenvalue weighted by Crippen LogP contribution is 2.43. The Kier molecular flexibility index (Phi) is 5.94. The second-order valence-electron chi connectivity index (χ2n) is 8.17. The Balaban J connectivity index is 0.00000196. The summed E-state index contributed by atoms with van der Waals surface area (Å²) in [6.45, 7) is 5.88. The zero-order valence-corrected chi connectivity index (χ0v) is 16.6. The van der Waals surface area contributed by atoms with E-state index in [1.807, 2.05) is 13.8 Å². The average Bonchev–Trinajstić information content (AvgIpc) is 2.92. The van der Waals surface area contributed by atoms with Crippen molar-refractivity contribution in [3.05, 3.63) is 17.0 Å². The van der Waals surface area contributed by atoms with E-state index in [-0.39, 0.29) is 24.4 Å². The third-order valence-corrected chi connectivity index (χ3v) is 6.69. The molecule has 3 N–H and O–H groups in total. The molecule has 2 heterocycles. The number of hydrogen-bond acceptors (Lipinski definition) is 4. The first-order chi connectivity index (χ1) is 12.1. The molecule has 1 aromatic rings. The predicted octanol–water partition coefficient (Wildman–Crippen LogP) is 2.50. The van der Waals surface area contributed by atoms with Gasteiger partial charge < -0.3 is 15.4 Å². The summed E-state index contributed by atoms with van der Waals surface area (Å²) < 4.78 is 5.72. The average molecular weight is 383 g/mol. The fourth-order valence-electron chi connectivity index (χ4n) is 5.38. The third-order valence-electron chi connectivity index (χ3n) is 6.69. The Hall–Kier alpha value is -1.11. The van der Waals surface area contributed by atoms with Crippen LogP contribution in [-0.2, 0) is 9.53 Å². The number of carbonyl (C=O) groups excluding carboxylic acids is 1. The van der Waals surface area contributed by atoms with Gasteiger partial charge in [-0.25, -0.2) is 0 Å². The number of aromatic amines is 1. The van der Waals surface area contributed by atoms with Gasteiger partial charge >= 0.3 is 0 Å². The first kappa shape index (κ1) is 19.6. The number of hydrogen-bond donors (Lipinski definition) is 2. The number of aromatic nitrogens is 2. The van der Waals surface area contributed by atoms with Gasteiger partial charge in [0.15, 0.2) is 0 Å². The molecule has 6 nitrogen and oxygen atoms in total. The van der Waals surface area contributed by atoms with Crippen LogP contribution >= 0.6 is 12.4 Å². The number of halogens is 1. The summed E-state index contributed by atoms with van der Waals surface area (Å²) in [4.78, 5) is 15.5. The number of nitrogens with one attached hydrogen (secondary N) is 1. The van der Waals surface area contributed by atoms with Crippen LogP contribution < -0.4 is 5.73 Å². The fourth-order valence-corrected chi connectivity index (χ4v) is 5.38. The minimum absolute atomic E-state index is 0. The van der Waals surface area contributed by atoms with Gasteiger partial charge in [0.2, 0.25) is 5.91 Å². The maximum absolute atomic E-state index is 13.4. The van der Waals surface area contributed by atoms with E-state index < -0.39 is 0 Å². The molecule has 1 aromatic heterocycles. The molecular weight excluding hydrogens is 352 g/mol. The lowest BCUT2D eigenvalue weighted by Gasteiger charge is -2.46. The zero-order valence-electron chi connectivity index (χ0n) is 15.7. The van der Waals surface area contributed by atoms with Crippen molar-refractivity contribution in [2.45, 2.75) is 58.0 Å². The summed E-state index contributed by atoms with van der Waals surface area (Å²) in [6.07, 6.45) is 5.58. The molecule has 1 amide bonds. The Morgan fingerprint density at radius 3 is 2.58 bits per heavy atom. The second kappa shape index (κ2) is 7.87. The quantitative estimate of drug-likeness (QED) is 0.823. The molecule has 3 unspecified atom stereocenters. The van der Waals surface area contributed by atoms with Gasteiger partial charge in [-0.1, -0.05) is 6.42 Å².